The standard InChI is InChI=1S/C15H14N2O2/c1-10-3-5-13(12(17)7-10)19-14-6-4-11(9-16)8-15(14)18-2/h3-8H,17H2,1-2H3. The summed E-state index contributed by atoms with van der Waals surface area (Å²) in [7, 11) is 1.53. The van der Waals surface area contributed by atoms with Gasteiger partial charge in [0.1, 0.15) is 0 Å². The number of rotatable bonds is 3. The highest BCUT2D eigenvalue weighted by Gasteiger charge is 2.09. The molecule has 19 heavy (non-hydrogen) atoms. The minimum atomic E-state index is 0.499. The van der Waals surface area contributed by atoms with Crippen LogP contribution in [0.5, 0.6) is 17.2 Å². The fourth-order valence-corrected chi connectivity index (χ4v) is 1.70. The number of methoxy groups -OCH3 is 1. The van der Waals surface area contributed by atoms with Crippen molar-refractivity contribution in [2.45, 2.75) is 6.92 Å². The second-order valence-corrected chi connectivity index (χ2v) is 4.12. The molecule has 0 atom stereocenters. The number of nitrogen functional groups attached to an aromatic ring is 1. The molecule has 2 aromatic rings. The smallest absolute Gasteiger partial charge is 0.169 e. The number of nitrogens with zero attached hydrogens (tertiary/aromatic N) is 1. The van der Waals surface area contributed by atoms with Crippen molar-refractivity contribution < 1.29 is 9.47 Å². The maximum Gasteiger partial charge on any atom is 0.169 e. The molecule has 2 N–H and O–H groups in total. The predicted octanol–water partition coefficient (Wildman–Crippen LogP) is 3.25. The van der Waals surface area contributed by atoms with Gasteiger partial charge in [-0.25, -0.2) is 0 Å². The second-order valence-electron chi connectivity index (χ2n) is 4.12. The van der Waals surface area contributed by atoms with E-state index in [1.54, 1.807) is 18.2 Å². The molecular formula is C15H14N2O2. The minimum Gasteiger partial charge on any atom is -0.493 e. The Morgan fingerprint density at radius 1 is 1.05 bits per heavy atom. The van der Waals surface area contributed by atoms with Crippen LogP contribution in [0.25, 0.3) is 0 Å². The Labute approximate surface area is 112 Å². The molecule has 0 spiro atoms. The molecule has 0 unspecified atom stereocenters. The highest BCUT2D eigenvalue weighted by Crippen LogP contribution is 2.34. The van der Waals surface area contributed by atoms with Gasteiger partial charge in [-0.05, 0) is 36.8 Å². The average molecular weight is 254 g/mol. The summed E-state index contributed by atoms with van der Waals surface area (Å²) < 4.78 is 10.9. The lowest BCUT2D eigenvalue weighted by atomic mass is 10.2. The number of aryl methyl sites for hydroxylation is 1. The number of nitrogens with two attached hydrogens (primary N) is 1. The lowest BCUT2D eigenvalue weighted by Gasteiger charge is -2.12. The van der Waals surface area contributed by atoms with E-state index >= 15 is 0 Å². The second kappa shape index (κ2) is 5.32. The molecule has 0 fully saturated rings. The summed E-state index contributed by atoms with van der Waals surface area (Å²) in [5.41, 5.74) is 8.04. The van der Waals surface area contributed by atoms with E-state index in [9.17, 15) is 0 Å². The van der Waals surface area contributed by atoms with E-state index in [0.29, 0.717) is 28.5 Å². The minimum absolute atomic E-state index is 0.499. The molecule has 0 aliphatic rings. The number of hydrogen-bond donors (Lipinski definition) is 1. The summed E-state index contributed by atoms with van der Waals surface area (Å²) in [6, 6.07) is 12.6. The predicted molar refractivity (Wildman–Crippen MR) is 73.4 cm³/mol. The first-order chi connectivity index (χ1) is 9.13. The first-order valence-electron chi connectivity index (χ1n) is 5.76. The molecule has 0 bridgehead atoms. The summed E-state index contributed by atoms with van der Waals surface area (Å²) >= 11 is 0. The van der Waals surface area contributed by atoms with Crippen molar-refractivity contribution in [1.82, 2.24) is 0 Å². The highest BCUT2D eigenvalue weighted by atomic mass is 16.5. The van der Waals surface area contributed by atoms with Crippen LogP contribution in [0.1, 0.15) is 11.1 Å². The molecular weight excluding hydrogens is 240 g/mol. The molecule has 0 saturated heterocycles. The summed E-state index contributed by atoms with van der Waals surface area (Å²) in [5, 5.41) is 8.85. The topological polar surface area (TPSA) is 68.3 Å². The molecule has 0 heterocycles. The van der Waals surface area contributed by atoms with E-state index in [-0.39, 0.29) is 0 Å². The van der Waals surface area contributed by atoms with Crippen LogP contribution in [-0.4, -0.2) is 7.11 Å². The van der Waals surface area contributed by atoms with Crippen molar-refractivity contribution in [3.63, 3.8) is 0 Å². The fraction of sp³-hybridized carbons (Fsp3) is 0.133. The number of anilines is 1. The van der Waals surface area contributed by atoms with E-state index in [1.807, 2.05) is 25.1 Å². The van der Waals surface area contributed by atoms with E-state index in [4.69, 9.17) is 20.5 Å². The third kappa shape index (κ3) is 2.78. The third-order valence-corrected chi connectivity index (χ3v) is 2.68. The Hall–Kier alpha value is -2.67. The molecule has 0 amide bonds. The summed E-state index contributed by atoms with van der Waals surface area (Å²) in [6.45, 7) is 1.96. The van der Waals surface area contributed by atoms with Gasteiger partial charge in [-0.3, -0.25) is 0 Å². The van der Waals surface area contributed by atoms with Gasteiger partial charge in [0.25, 0.3) is 0 Å². The van der Waals surface area contributed by atoms with Crippen LogP contribution in [-0.2, 0) is 0 Å². The van der Waals surface area contributed by atoms with Crippen molar-refractivity contribution in [2.24, 2.45) is 0 Å². The SMILES string of the molecule is COc1cc(C#N)ccc1Oc1ccc(C)cc1N. The maximum atomic E-state index is 8.85. The normalized spacial score (nSPS) is 9.74. The number of hydrogen-bond acceptors (Lipinski definition) is 4. The lowest BCUT2D eigenvalue weighted by molar-refractivity contribution is 0.379. The van der Waals surface area contributed by atoms with Gasteiger partial charge in [-0.2, -0.15) is 5.26 Å². The van der Waals surface area contributed by atoms with Gasteiger partial charge in [0, 0.05) is 6.07 Å². The van der Waals surface area contributed by atoms with Gasteiger partial charge in [0.2, 0.25) is 0 Å². The van der Waals surface area contributed by atoms with Crippen LogP contribution in [0, 0.1) is 18.3 Å². The molecule has 4 heteroatoms. The Kier molecular flexibility index (Phi) is 3.58. The zero-order valence-corrected chi connectivity index (χ0v) is 10.8. The van der Waals surface area contributed by atoms with Crippen LogP contribution in [0.3, 0.4) is 0 Å². The Morgan fingerprint density at radius 3 is 2.42 bits per heavy atom. The first kappa shape index (κ1) is 12.8. The average Bonchev–Trinajstić information content (AvgIpc) is 2.42. The molecule has 4 nitrogen and oxygen atoms in total. The van der Waals surface area contributed by atoms with E-state index in [0.717, 1.165) is 5.56 Å². The van der Waals surface area contributed by atoms with Crippen LogP contribution in [0.2, 0.25) is 0 Å². The van der Waals surface area contributed by atoms with Gasteiger partial charge in [0.15, 0.2) is 17.2 Å². The van der Waals surface area contributed by atoms with Gasteiger partial charge < -0.3 is 15.2 Å². The van der Waals surface area contributed by atoms with Crippen molar-refractivity contribution in [1.29, 1.82) is 5.26 Å². The summed E-state index contributed by atoms with van der Waals surface area (Å²) in [6.07, 6.45) is 0. The molecule has 0 saturated carbocycles. The van der Waals surface area contributed by atoms with Crippen LogP contribution in [0.4, 0.5) is 5.69 Å². The van der Waals surface area contributed by atoms with E-state index in [1.165, 1.54) is 7.11 Å². The highest BCUT2D eigenvalue weighted by molar-refractivity contribution is 5.57. The largest absolute Gasteiger partial charge is 0.493 e. The molecule has 0 aliphatic carbocycles. The zero-order valence-electron chi connectivity index (χ0n) is 10.8. The summed E-state index contributed by atoms with van der Waals surface area (Å²) in [4.78, 5) is 0. The number of ether oxygens (including phenoxy) is 2. The third-order valence-electron chi connectivity index (χ3n) is 2.68. The van der Waals surface area contributed by atoms with Crippen molar-refractivity contribution in [3.8, 4) is 23.3 Å². The molecule has 0 radical (unpaired) electrons. The van der Waals surface area contributed by atoms with Gasteiger partial charge >= 0.3 is 0 Å². The van der Waals surface area contributed by atoms with Gasteiger partial charge in [-0.15, -0.1) is 0 Å². The maximum absolute atomic E-state index is 8.85. The fourth-order valence-electron chi connectivity index (χ4n) is 1.70. The lowest BCUT2D eigenvalue weighted by Crippen LogP contribution is -1.95. The van der Waals surface area contributed by atoms with Crippen LogP contribution in [0.15, 0.2) is 36.4 Å². The summed E-state index contributed by atoms with van der Waals surface area (Å²) in [5.74, 6) is 1.59. The zero-order chi connectivity index (χ0) is 13.8. The van der Waals surface area contributed by atoms with Crippen molar-refractivity contribution >= 4 is 5.69 Å². The molecule has 2 rings (SSSR count). The van der Waals surface area contributed by atoms with Gasteiger partial charge in [-0.1, -0.05) is 6.07 Å². The molecule has 2 aromatic carbocycles. The number of nitriles is 1. The molecule has 0 aliphatic heterocycles. The Bertz CT molecular complexity index is 645. The van der Waals surface area contributed by atoms with E-state index in [2.05, 4.69) is 6.07 Å². The van der Waals surface area contributed by atoms with Crippen LogP contribution < -0.4 is 15.2 Å². The monoisotopic (exact) mass is 254 g/mol. The van der Waals surface area contributed by atoms with Crippen molar-refractivity contribution in [2.75, 3.05) is 12.8 Å². The van der Waals surface area contributed by atoms with E-state index < -0.39 is 0 Å². The quantitative estimate of drug-likeness (QED) is 0.854. The first-order valence-corrected chi connectivity index (χ1v) is 5.76. The number of benzene rings is 2. The van der Waals surface area contributed by atoms with Gasteiger partial charge in [0.05, 0.1) is 24.4 Å². The van der Waals surface area contributed by atoms with Crippen molar-refractivity contribution in [3.05, 3.63) is 47.5 Å². The molecule has 0 aromatic heterocycles. The molecule has 96 valence electrons. The Morgan fingerprint density at radius 2 is 1.79 bits per heavy atom. The Balaban J connectivity index is 2.35. The van der Waals surface area contributed by atoms with Crippen LogP contribution >= 0.6 is 0 Å².